The molecule has 0 saturated carbocycles. The van der Waals surface area contributed by atoms with Gasteiger partial charge in [0.05, 0.1) is 21.3 Å². The summed E-state index contributed by atoms with van der Waals surface area (Å²) < 4.78 is 37.1. The van der Waals surface area contributed by atoms with Crippen molar-refractivity contribution in [3.05, 3.63) is 47.5 Å². The van der Waals surface area contributed by atoms with Crippen LogP contribution in [0.1, 0.15) is 12.8 Å². The van der Waals surface area contributed by atoms with E-state index >= 15 is 4.39 Å². The van der Waals surface area contributed by atoms with Gasteiger partial charge in [0, 0.05) is 35.6 Å². The molecule has 2 aromatic heterocycles. The number of nitrogens with one attached hydrogen (secondary N) is 1. The largest absolute Gasteiger partial charge is 0.462 e. The van der Waals surface area contributed by atoms with Gasteiger partial charge in [-0.25, -0.2) is 13.8 Å². The zero-order valence-corrected chi connectivity index (χ0v) is 23.2. The summed E-state index contributed by atoms with van der Waals surface area (Å²) in [7, 11) is 2.04. The molecule has 40 heavy (non-hydrogen) atoms. The fraction of sp³-hybridized carbons (Fsp3) is 0.333. The summed E-state index contributed by atoms with van der Waals surface area (Å²) in [5, 5.41) is 3.49. The molecule has 0 spiro atoms. The van der Waals surface area contributed by atoms with Gasteiger partial charge < -0.3 is 25.6 Å². The minimum Gasteiger partial charge on any atom is -0.462 e. The number of hydrogen-bond donors (Lipinski definition) is 2. The maximum absolute atomic E-state index is 16.4. The summed E-state index contributed by atoms with van der Waals surface area (Å²) in [6, 6.07) is 4.40. The van der Waals surface area contributed by atoms with Crippen molar-refractivity contribution in [2.75, 3.05) is 43.9 Å². The van der Waals surface area contributed by atoms with Gasteiger partial charge in [0.25, 0.3) is 0 Å². The van der Waals surface area contributed by atoms with E-state index in [2.05, 4.69) is 31.7 Å². The lowest BCUT2D eigenvalue weighted by atomic mass is 10.0. The number of carbonyl (C=O) groups is 1. The Kier molecular flexibility index (Phi) is 6.93. The van der Waals surface area contributed by atoms with Crippen molar-refractivity contribution >= 4 is 60.9 Å². The molecule has 0 aliphatic carbocycles. The van der Waals surface area contributed by atoms with Crippen LogP contribution < -0.4 is 20.7 Å². The van der Waals surface area contributed by atoms with Crippen molar-refractivity contribution < 1.29 is 18.3 Å². The van der Waals surface area contributed by atoms with E-state index in [1.807, 2.05) is 11.9 Å². The van der Waals surface area contributed by atoms with Gasteiger partial charge in [-0.3, -0.25) is 4.79 Å². The number of nitrogen functional groups attached to an aromatic ring is 1. The summed E-state index contributed by atoms with van der Waals surface area (Å²) in [5.74, 6) is -1.03. The van der Waals surface area contributed by atoms with Crippen molar-refractivity contribution in [3.63, 3.8) is 0 Å². The molecule has 2 saturated heterocycles. The molecular formula is C27H26ClF2N7O2S. The van der Waals surface area contributed by atoms with Crippen LogP contribution in [0.5, 0.6) is 6.01 Å². The van der Waals surface area contributed by atoms with Crippen LogP contribution in [-0.4, -0.2) is 71.1 Å². The van der Waals surface area contributed by atoms with Crippen LogP contribution in [0.3, 0.4) is 0 Å². The van der Waals surface area contributed by atoms with E-state index in [0.29, 0.717) is 36.5 Å². The topological polar surface area (TPSA) is 110 Å². The number of fused-ring (bicyclic) bond motifs is 2. The Hall–Kier alpha value is -3.61. The second-order valence-electron chi connectivity index (χ2n) is 10.0. The third kappa shape index (κ3) is 4.69. The Morgan fingerprint density at radius 3 is 2.83 bits per heavy atom. The fourth-order valence-corrected chi connectivity index (χ4v) is 6.33. The number of ether oxygens (including phenoxy) is 1. The molecule has 1 amide bonds. The van der Waals surface area contributed by atoms with Crippen molar-refractivity contribution in [2.24, 2.45) is 0 Å². The van der Waals surface area contributed by atoms with E-state index in [1.165, 1.54) is 18.2 Å². The summed E-state index contributed by atoms with van der Waals surface area (Å²) in [4.78, 5) is 29.2. The molecule has 9 nitrogen and oxygen atoms in total. The van der Waals surface area contributed by atoms with E-state index in [4.69, 9.17) is 22.1 Å². The Balaban J connectivity index is 1.45. The molecule has 6 rings (SSSR count). The SMILES string of the molecule is C=CC(=O)NC1CN(c2nc(OCC3CCCN3C)nc3c(F)c(-c4ccc(F)c5sc(N)nc45)c(Cl)cc23)C1. The second kappa shape index (κ2) is 10.4. The third-order valence-corrected chi connectivity index (χ3v) is 8.60. The molecule has 1 unspecified atom stereocenters. The minimum atomic E-state index is -0.703. The van der Waals surface area contributed by atoms with E-state index in [1.54, 1.807) is 6.07 Å². The van der Waals surface area contributed by atoms with Crippen LogP contribution in [0.25, 0.3) is 32.2 Å². The van der Waals surface area contributed by atoms with Crippen LogP contribution in [0, 0.1) is 11.6 Å². The average molecular weight is 586 g/mol. The minimum absolute atomic E-state index is 0.0124. The molecule has 2 fully saturated rings. The predicted octanol–water partition coefficient (Wildman–Crippen LogP) is 4.38. The standard InChI is InChI=1S/C27H26ClF2N7O2S/c1-3-19(38)32-13-10-37(11-13)25-16-9-17(28)20(15-6-7-18(29)24-23(15)33-26(31)40-24)21(30)22(16)34-27(35-25)39-12-14-5-4-8-36(14)2/h3,6-7,9,13-14H,1,4-5,8,10-12H2,2H3,(H2,31,33)(H,32,38). The number of nitrogens with zero attached hydrogens (tertiary/aromatic N) is 5. The zero-order chi connectivity index (χ0) is 28.1. The molecule has 208 valence electrons. The van der Waals surface area contributed by atoms with Crippen molar-refractivity contribution in [2.45, 2.75) is 24.9 Å². The molecule has 0 radical (unpaired) electrons. The van der Waals surface area contributed by atoms with Crippen LogP contribution >= 0.6 is 22.9 Å². The molecule has 0 bridgehead atoms. The van der Waals surface area contributed by atoms with Gasteiger partial charge in [-0.1, -0.05) is 29.5 Å². The summed E-state index contributed by atoms with van der Waals surface area (Å²) in [6.07, 6.45) is 3.27. The van der Waals surface area contributed by atoms with Crippen LogP contribution in [0.2, 0.25) is 5.02 Å². The van der Waals surface area contributed by atoms with E-state index < -0.39 is 11.6 Å². The van der Waals surface area contributed by atoms with E-state index in [0.717, 1.165) is 30.7 Å². The van der Waals surface area contributed by atoms with Crippen molar-refractivity contribution in [1.82, 2.24) is 25.2 Å². The summed E-state index contributed by atoms with van der Waals surface area (Å²) >= 11 is 7.66. The Bertz CT molecular complexity index is 1660. The number of thiazole rings is 1. The number of aromatic nitrogens is 3. The maximum atomic E-state index is 16.4. The first-order valence-corrected chi connectivity index (χ1v) is 14.0. The van der Waals surface area contributed by atoms with Gasteiger partial charge in [-0.15, -0.1) is 0 Å². The first-order valence-electron chi connectivity index (χ1n) is 12.8. The number of anilines is 2. The molecular weight excluding hydrogens is 560 g/mol. The monoisotopic (exact) mass is 585 g/mol. The predicted molar refractivity (Wildman–Crippen MR) is 153 cm³/mol. The van der Waals surface area contributed by atoms with Crippen LogP contribution in [-0.2, 0) is 4.79 Å². The van der Waals surface area contributed by atoms with Gasteiger partial charge in [0.15, 0.2) is 10.9 Å². The maximum Gasteiger partial charge on any atom is 0.319 e. The molecule has 2 aromatic carbocycles. The lowest BCUT2D eigenvalue weighted by Gasteiger charge is -2.40. The molecule has 3 N–H and O–H groups in total. The highest BCUT2D eigenvalue weighted by molar-refractivity contribution is 7.22. The number of likely N-dealkylation sites (tertiary alicyclic amines) is 1. The molecule has 2 aliphatic heterocycles. The quantitative estimate of drug-likeness (QED) is 0.308. The number of benzene rings is 2. The van der Waals surface area contributed by atoms with Crippen LogP contribution in [0.15, 0.2) is 30.9 Å². The number of hydrogen-bond acceptors (Lipinski definition) is 9. The molecule has 4 heterocycles. The number of likely N-dealkylation sites (N-methyl/N-ethyl adjacent to an activating group) is 1. The Morgan fingerprint density at radius 1 is 1.30 bits per heavy atom. The molecule has 1 atom stereocenters. The van der Waals surface area contributed by atoms with Crippen LogP contribution in [0.4, 0.5) is 19.7 Å². The molecule has 4 aromatic rings. The number of carbonyl (C=O) groups excluding carboxylic acids is 1. The van der Waals surface area contributed by atoms with Crippen molar-refractivity contribution in [1.29, 1.82) is 0 Å². The smallest absolute Gasteiger partial charge is 0.319 e. The lowest BCUT2D eigenvalue weighted by Crippen LogP contribution is -2.59. The number of nitrogens with two attached hydrogens (primary N) is 1. The lowest BCUT2D eigenvalue weighted by molar-refractivity contribution is -0.117. The number of halogens is 3. The highest BCUT2D eigenvalue weighted by Crippen LogP contribution is 2.43. The van der Waals surface area contributed by atoms with E-state index in [9.17, 15) is 9.18 Å². The summed E-state index contributed by atoms with van der Waals surface area (Å²) in [6.45, 7) is 5.73. The molecule has 2 aliphatic rings. The highest BCUT2D eigenvalue weighted by atomic mass is 35.5. The summed E-state index contributed by atoms with van der Waals surface area (Å²) in [5.41, 5.74) is 6.43. The molecule has 13 heteroatoms. The highest BCUT2D eigenvalue weighted by Gasteiger charge is 2.32. The second-order valence-corrected chi connectivity index (χ2v) is 11.4. The zero-order valence-electron chi connectivity index (χ0n) is 21.6. The first kappa shape index (κ1) is 26.6. The van der Waals surface area contributed by atoms with Gasteiger partial charge in [0.2, 0.25) is 5.91 Å². The van der Waals surface area contributed by atoms with Crippen molar-refractivity contribution in [3.8, 4) is 17.1 Å². The normalized spacial score (nSPS) is 17.9. The van der Waals surface area contributed by atoms with Gasteiger partial charge in [-0.05, 0) is 50.7 Å². The third-order valence-electron chi connectivity index (χ3n) is 7.41. The van der Waals surface area contributed by atoms with E-state index in [-0.39, 0.29) is 55.5 Å². The number of amides is 1. The Labute approximate surface area is 237 Å². The average Bonchev–Trinajstić information content (AvgIpc) is 3.51. The first-order chi connectivity index (χ1) is 19.2. The van der Waals surface area contributed by atoms with Gasteiger partial charge in [0.1, 0.15) is 23.8 Å². The number of rotatable bonds is 7. The van der Waals surface area contributed by atoms with Gasteiger partial charge >= 0.3 is 6.01 Å². The fourth-order valence-electron chi connectivity index (χ4n) is 5.27. The Morgan fingerprint density at radius 2 is 2.10 bits per heavy atom. The van der Waals surface area contributed by atoms with Gasteiger partial charge in [-0.2, -0.15) is 9.97 Å².